The first kappa shape index (κ1) is 10.9. The van der Waals surface area contributed by atoms with Crippen LogP contribution in [0.5, 0.6) is 0 Å². The molecule has 1 aromatic carbocycles. The van der Waals surface area contributed by atoms with Crippen LogP contribution >= 0.6 is 11.6 Å². The Balaban J connectivity index is 2.30. The van der Waals surface area contributed by atoms with Gasteiger partial charge in [0.15, 0.2) is 9.84 Å². The second kappa shape index (κ2) is 3.77. The molecule has 1 aliphatic carbocycles. The molecule has 1 aliphatic rings. The van der Waals surface area contributed by atoms with Crippen molar-refractivity contribution in [3.8, 4) is 0 Å². The monoisotopic (exact) mass is 245 g/mol. The maximum Gasteiger partial charge on any atom is 0.181 e. The third-order valence-electron chi connectivity index (χ3n) is 2.69. The molecular formula is C10H12ClNO2S. The highest BCUT2D eigenvalue weighted by atomic mass is 35.5. The minimum Gasteiger partial charge on any atom is -0.328 e. The molecule has 1 fully saturated rings. The lowest BCUT2D eigenvalue weighted by molar-refractivity contribution is 0.409. The first-order valence-electron chi connectivity index (χ1n) is 4.75. The topological polar surface area (TPSA) is 60.2 Å². The van der Waals surface area contributed by atoms with Gasteiger partial charge in [-0.1, -0.05) is 17.7 Å². The van der Waals surface area contributed by atoms with Crippen LogP contribution in [0, 0.1) is 0 Å². The molecule has 0 spiro atoms. The predicted octanol–water partition coefficient (Wildman–Crippen LogP) is 1.60. The average molecular weight is 246 g/mol. The Bertz CT molecular complexity index is 466. The zero-order valence-electron chi connectivity index (χ0n) is 8.06. The Labute approximate surface area is 94.2 Å². The fourth-order valence-electron chi connectivity index (χ4n) is 1.70. The zero-order valence-corrected chi connectivity index (χ0v) is 9.63. The maximum absolute atomic E-state index is 12.0. The van der Waals surface area contributed by atoms with E-state index in [1.54, 1.807) is 18.2 Å². The zero-order chi connectivity index (χ0) is 11.1. The maximum atomic E-state index is 12.0. The summed E-state index contributed by atoms with van der Waals surface area (Å²) < 4.78 is 24.0. The van der Waals surface area contributed by atoms with Crippen LogP contribution < -0.4 is 5.73 Å². The Kier molecular flexibility index (Phi) is 2.75. The smallest absolute Gasteiger partial charge is 0.181 e. The normalized spacial score (nSPS) is 26.0. The van der Waals surface area contributed by atoms with Gasteiger partial charge in [-0.3, -0.25) is 0 Å². The molecule has 2 rings (SSSR count). The Morgan fingerprint density at radius 2 is 2.00 bits per heavy atom. The number of nitrogens with two attached hydrogens (primary N) is 1. The van der Waals surface area contributed by atoms with Crippen molar-refractivity contribution in [3.63, 3.8) is 0 Å². The van der Waals surface area contributed by atoms with E-state index in [0.29, 0.717) is 22.8 Å². The van der Waals surface area contributed by atoms with E-state index in [1.807, 2.05) is 0 Å². The molecule has 2 N–H and O–H groups in total. The molecule has 3 nitrogen and oxygen atoms in total. The molecule has 5 heteroatoms. The molecule has 0 saturated heterocycles. The number of halogens is 1. The Morgan fingerprint density at radius 3 is 2.53 bits per heavy atom. The van der Waals surface area contributed by atoms with Crippen molar-refractivity contribution in [3.05, 3.63) is 29.3 Å². The van der Waals surface area contributed by atoms with Crippen molar-refractivity contribution < 1.29 is 8.42 Å². The highest BCUT2D eigenvalue weighted by Crippen LogP contribution is 2.31. The summed E-state index contributed by atoms with van der Waals surface area (Å²) in [6.45, 7) is 0. The molecule has 0 radical (unpaired) electrons. The molecule has 82 valence electrons. The van der Waals surface area contributed by atoms with E-state index < -0.39 is 9.84 Å². The quantitative estimate of drug-likeness (QED) is 0.861. The summed E-state index contributed by atoms with van der Waals surface area (Å²) in [5, 5.41) is 0.116. The van der Waals surface area contributed by atoms with Crippen LogP contribution in [0.2, 0.25) is 5.02 Å². The molecular weight excluding hydrogens is 234 g/mol. The van der Waals surface area contributed by atoms with Gasteiger partial charge in [0.1, 0.15) is 0 Å². The van der Waals surface area contributed by atoms with Crippen LogP contribution in [0.3, 0.4) is 0 Å². The van der Waals surface area contributed by atoms with Gasteiger partial charge >= 0.3 is 0 Å². The van der Waals surface area contributed by atoms with E-state index >= 15 is 0 Å². The van der Waals surface area contributed by atoms with Gasteiger partial charge in [0, 0.05) is 11.1 Å². The highest BCUT2D eigenvalue weighted by molar-refractivity contribution is 7.92. The summed E-state index contributed by atoms with van der Waals surface area (Å²) in [6.07, 6.45) is 1.10. The van der Waals surface area contributed by atoms with Crippen LogP contribution in [-0.2, 0) is 9.84 Å². The van der Waals surface area contributed by atoms with E-state index in [9.17, 15) is 8.42 Å². The third kappa shape index (κ3) is 2.02. The van der Waals surface area contributed by atoms with Crippen LogP contribution in [0.25, 0.3) is 0 Å². The number of rotatable bonds is 2. The largest absolute Gasteiger partial charge is 0.328 e. The molecule has 0 atom stereocenters. The molecule has 0 aromatic heterocycles. The standard InChI is InChI=1S/C10H12ClNO2S/c11-7-2-1-3-9(4-7)15(13,14)10-5-8(12)6-10/h1-4,8,10H,5-6,12H2. The van der Waals surface area contributed by atoms with Crippen molar-refractivity contribution in [2.45, 2.75) is 29.0 Å². The fraction of sp³-hybridized carbons (Fsp3) is 0.400. The summed E-state index contributed by atoms with van der Waals surface area (Å²) in [5.74, 6) is 0. The van der Waals surface area contributed by atoms with Gasteiger partial charge in [0.2, 0.25) is 0 Å². The van der Waals surface area contributed by atoms with Gasteiger partial charge in [-0.25, -0.2) is 8.42 Å². The fourth-order valence-corrected chi connectivity index (χ4v) is 3.90. The van der Waals surface area contributed by atoms with E-state index in [1.165, 1.54) is 6.07 Å². The van der Waals surface area contributed by atoms with E-state index in [2.05, 4.69) is 0 Å². The van der Waals surface area contributed by atoms with Crippen LogP contribution in [0.4, 0.5) is 0 Å². The molecule has 15 heavy (non-hydrogen) atoms. The van der Waals surface area contributed by atoms with Crippen molar-refractivity contribution in [1.82, 2.24) is 0 Å². The second-order valence-electron chi connectivity index (χ2n) is 3.86. The summed E-state index contributed by atoms with van der Waals surface area (Å²) in [4.78, 5) is 0.298. The number of hydrogen-bond acceptors (Lipinski definition) is 3. The molecule has 0 heterocycles. The van der Waals surface area contributed by atoms with Gasteiger partial charge in [-0.2, -0.15) is 0 Å². The van der Waals surface area contributed by atoms with Gasteiger partial charge in [0.05, 0.1) is 10.1 Å². The predicted molar refractivity (Wildman–Crippen MR) is 59.6 cm³/mol. The molecule has 0 aliphatic heterocycles. The highest BCUT2D eigenvalue weighted by Gasteiger charge is 2.37. The minimum atomic E-state index is -3.22. The first-order chi connectivity index (χ1) is 7.00. The SMILES string of the molecule is NC1CC(S(=O)(=O)c2cccc(Cl)c2)C1. The summed E-state index contributed by atoms with van der Waals surface area (Å²) in [5.41, 5.74) is 5.58. The number of benzene rings is 1. The molecule has 0 unspecified atom stereocenters. The molecule has 0 bridgehead atoms. The van der Waals surface area contributed by atoms with Gasteiger partial charge < -0.3 is 5.73 Å². The van der Waals surface area contributed by atoms with E-state index in [0.717, 1.165) is 0 Å². The van der Waals surface area contributed by atoms with Gasteiger partial charge in [-0.15, -0.1) is 0 Å². The van der Waals surface area contributed by atoms with Crippen LogP contribution in [0.1, 0.15) is 12.8 Å². The van der Waals surface area contributed by atoms with Gasteiger partial charge in [0.25, 0.3) is 0 Å². The molecule has 0 amide bonds. The van der Waals surface area contributed by atoms with Crippen LogP contribution in [-0.4, -0.2) is 19.7 Å². The average Bonchev–Trinajstić information content (AvgIpc) is 2.13. The lowest BCUT2D eigenvalue weighted by Gasteiger charge is -2.31. The summed E-state index contributed by atoms with van der Waals surface area (Å²) in [7, 11) is -3.22. The minimum absolute atomic E-state index is 0.0314. The van der Waals surface area contributed by atoms with E-state index in [-0.39, 0.29) is 11.3 Å². The Morgan fingerprint density at radius 1 is 1.33 bits per heavy atom. The lowest BCUT2D eigenvalue weighted by atomic mass is 9.93. The second-order valence-corrected chi connectivity index (χ2v) is 6.52. The first-order valence-corrected chi connectivity index (χ1v) is 6.67. The molecule has 1 saturated carbocycles. The third-order valence-corrected chi connectivity index (χ3v) is 5.10. The summed E-state index contributed by atoms with van der Waals surface area (Å²) >= 11 is 5.76. The van der Waals surface area contributed by atoms with E-state index in [4.69, 9.17) is 17.3 Å². The van der Waals surface area contributed by atoms with Crippen molar-refractivity contribution in [2.24, 2.45) is 5.73 Å². The van der Waals surface area contributed by atoms with Crippen molar-refractivity contribution in [2.75, 3.05) is 0 Å². The Hall–Kier alpha value is -0.580. The van der Waals surface area contributed by atoms with Crippen molar-refractivity contribution >= 4 is 21.4 Å². The van der Waals surface area contributed by atoms with Crippen LogP contribution in [0.15, 0.2) is 29.2 Å². The summed E-state index contributed by atoms with van der Waals surface area (Å²) in [6, 6.07) is 6.40. The van der Waals surface area contributed by atoms with Crippen molar-refractivity contribution in [1.29, 1.82) is 0 Å². The van der Waals surface area contributed by atoms with Gasteiger partial charge in [-0.05, 0) is 31.0 Å². The lowest BCUT2D eigenvalue weighted by Crippen LogP contribution is -2.44. The molecule has 1 aromatic rings. The number of hydrogen-bond donors (Lipinski definition) is 1. The number of sulfone groups is 1.